The third kappa shape index (κ3) is 3.00. The molecule has 31 heavy (non-hydrogen) atoms. The Morgan fingerprint density at radius 2 is 1.13 bits per heavy atom. The van der Waals surface area contributed by atoms with Gasteiger partial charge in [0, 0.05) is 10.8 Å². The Morgan fingerprint density at radius 1 is 0.774 bits per heavy atom. The lowest BCUT2D eigenvalue weighted by atomic mass is 9.59. The summed E-state index contributed by atoms with van der Waals surface area (Å²) < 4.78 is 5.65. The van der Waals surface area contributed by atoms with Crippen LogP contribution in [0.15, 0.2) is 24.3 Å². The second-order valence-corrected chi connectivity index (χ2v) is 12.1. The van der Waals surface area contributed by atoms with Crippen LogP contribution in [0.25, 0.3) is 0 Å². The first kappa shape index (κ1) is 23.4. The average Bonchev–Trinajstić information content (AvgIpc) is 3.44. The van der Waals surface area contributed by atoms with Crippen LogP contribution in [0.2, 0.25) is 0 Å². The molecule has 4 fully saturated rings. The van der Waals surface area contributed by atoms with Gasteiger partial charge in [-0.2, -0.15) is 0 Å². The van der Waals surface area contributed by atoms with Crippen LogP contribution in [0, 0.1) is 33.5 Å². The molecule has 0 spiro atoms. The van der Waals surface area contributed by atoms with Gasteiger partial charge in [0.15, 0.2) is 0 Å². The van der Waals surface area contributed by atoms with Gasteiger partial charge >= 0.3 is 0 Å². The van der Waals surface area contributed by atoms with Gasteiger partial charge in [-0.15, -0.1) is 0 Å². The molecule has 5 nitrogen and oxygen atoms in total. The summed E-state index contributed by atoms with van der Waals surface area (Å²) in [6.45, 7) is 16.9. The lowest BCUT2D eigenvalue weighted by Crippen LogP contribution is -2.52. The van der Waals surface area contributed by atoms with Gasteiger partial charge < -0.3 is 25.2 Å². The van der Waals surface area contributed by atoms with Gasteiger partial charge in [-0.3, -0.25) is 0 Å². The van der Waals surface area contributed by atoms with E-state index in [1.54, 1.807) is 0 Å². The van der Waals surface area contributed by atoms with Crippen LogP contribution < -0.4 is 0 Å². The Morgan fingerprint density at radius 3 is 1.42 bits per heavy atom. The summed E-state index contributed by atoms with van der Waals surface area (Å²) in [7, 11) is 0. The second-order valence-electron chi connectivity index (χ2n) is 12.1. The Bertz CT molecular complexity index is 695. The number of allylic oxidation sites excluding steroid dienone is 2. The third-order valence-electron chi connectivity index (χ3n) is 10.6. The Kier molecular flexibility index (Phi) is 5.59. The summed E-state index contributed by atoms with van der Waals surface area (Å²) in [5.41, 5.74) is 1.17. The Hall–Kier alpha value is -0.720. The maximum absolute atomic E-state index is 11.1. The number of aliphatic hydroxyl groups is 4. The van der Waals surface area contributed by atoms with Gasteiger partial charge in [0.2, 0.25) is 0 Å². The molecule has 5 heteroatoms. The van der Waals surface area contributed by atoms with Crippen molar-refractivity contribution < 1.29 is 25.2 Å². The fraction of sp³-hybridized carbons (Fsp3) is 0.846. The number of rotatable bonds is 8. The van der Waals surface area contributed by atoms with E-state index < -0.39 is 24.4 Å². The molecule has 0 amide bonds. The Labute approximate surface area is 187 Å². The van der Waals surface area contributed by atoms with Crippen LogP contribution >= 0.6 is 0 Å². The number of aliphatic hydroxyl groups excluding tert-OH is 4. The van der Waals surface area contributed by atoms with Gasteiger partial charge in [0.05, 0.1) is 25.4 Å². The van der Waals surface area contributed by atoms with Crippen molar-refractivity contribution in [1.29, 1.82) is 0 Å². The first-order valence-corrected chi connectivity index (χ1v) is 12.0. The van der Waals surface area contributed by atoms with Crippen LogP contribution in [0.4, 0.5) is 0 Å². The van der Waals surface area contributed by atoms with Crippen LogP contribution in [0.5, 0.6) is 0 Å². The van der Waals surface area contributed by atoms with Crippen LogP contribution in [0.3, 0.4) is 0 Å². The van der Waals surface area contributed by atoms with E-state index in [9.17, 15) is 20.4 Å². The highest BCUT2D eigenvalue weighted by Gasteiger charge is 2.64. The molecular formula is C26H42O5. The zero-order valence-corrected chi connectivity index (χ0v) is 19.7. The minimum absolute atomic E-state index is 0.0638. The molecule has 176 valence electrons. The highest BCUT2D eigenvalue weighted by Crippen LogP contribution is 2.69. The highest BCUT2D eigenvalue weighted by molar-refractivity contribution is 5.31. The summed E-state index contributed by atoms with van der Waals surface area (Å²) >= 11 is 0. The molecule has 4 rings (SSSR count). The molecule has 4 saturated carbocycles. The quantitative estimate of drug-likeness (QED) is 0.441. The fourth-order valence-corrected chi connectivity index (χ4v) is 8.05. The van der Waals surface area contributed by atoms with Crippen molar-refractivity contribution in [3.05, 3.63) is 24.3 Å². The molecule has 8 atom stereocenters. The number of ether oxygens (including phenoxy) is 1. The van der Waals surface area contributed by atoms with Crippen molar-refractivity contribution >= 4 is 0 Å². The van der Waals surface area contributed by atoms with E-state index in [1.165, 1.54) is 11.1 Å². The number of hydrogen-bond donors (Lipinski definition) is 4. The van der Waals surface area contributed by atoms with Crippen molar-refractivity contribution in [2.45, 2.75) is 90.6 Å². The first-order valence-electron chi connectivity index (χ1n) is 12.0. The molecule has 0 saturated heterocycles. The summed E-state index contributed by atoms with van der Waals surface area (Å²) in [5, 5.41) is 43.6. The maximum Gasteiger partial charge on any atom is 0.104 e. The van der Waals surface area contributed by atoms with Gasteiger partial charge in [0.1, 0.15) is 12.2 Å². The number of hydrogen-bond acceptors (Lipinski definition) is 5. The van der Waals surface area contributed by atoms with E-state index in [4.69, 9.17) is 4.74 Å². The molecule has 4 bridgehead atoms. The van der Waals surface area contributed by atoms with E-state index in [0.717, 1.165) is 38.5 Å². The molecular weight excluding hydrogens is 392 g/mol. The maximum atomic E-state index is 11.1. The smallest absolute Gasteiger partial charge is 0.104 e. The zero-order chi connectivity index (χ0) is 23.0. The average molecular weight is 435 g/mol. The third-order valence-corrected chi connectivity index (χ3v) is 10.6. The molecule has 0 heterocycles. The minimum atomic E-state index is -1.04. The second kappa shape index (κ2) is 7.39. The first-order chi connectivity index (χ1) is 14.3. The van der Waals surface area contributed by atoms with E-state index >= 15 is 0 Å². The zero-order valence-electron chi connectivity index (χ0n) is 19.7. The summed E-state index contributed by atoms with van der Waals surface area (Å²) in [6, 6.07) is 0. The van der Waals surface area contributed by atoms with E-state index in [2.05, 4.69) is 40.9 Å². The van der Waals surface area contributed by atoms with Crippen LogP contribution in [-0.2, 0) is 4.74 Å². The summed E-state index contributed by atoms with van der Waals surface area (Å²) in [5.74, 6) is 0.850. The van der Waals surface area contributed by atoms with E-state index in [0.29, 0.717) is 11.8 Å². The fourth-order valence-electron chi connectivity index (χ4n) is 8.05. The van der Waals surface area contributed by atoms with Gasteiger partial charge in [0.25, 0.3) is 0 Å². The predicted octanol–water partition coefficient (Wildman–Crippen LogP) is 3.21. The topological polar surface area (TPSA) is 90.2 Å². The minimum Gasteiger partial charge on any atom is -0.390 e. The van der Waals surface area contributed by atoms with E-state index in [1.807, 2.05) is 0 Å². The molecule has 0 aromatic rings. The molecule has 8 unspecified atom stereocenters. The van der Waals surface area contributed by atoms with Crippen molar-refractivity contribution in [1.82, 2.24) is 0 Å². The summed E-state index contributed by atoms with van der Waals surface area (Å²) in [4.78, 5) is 0. The highest BCUT2D eigenvalue weighted by atomic mass is 16.5. The van der Waals surface area contributed by atoms with Crippen molar-refractivity contribution in [2.24, 2.45) is 33.5 Å². The molecule has 4 aliphatic rings. The lowest BCUT2D eigenvalue weighted by molar-refractivity contribution is -0.144. The van der Waals surface area contributed by atoms with Crippen molar-refractivity contribution in [2.75, 3.05) is 13.2 Å². The summed E-state index contributed by atoms with van der Waals surface area (Å²) in [6.07, 6.45) is 1.64. The number of fused-ring (bicyclic) bond motifs is 4. The van der Waals surface area contributed by atoms with Crippen LogP contribution in [0.1, 0.15) is 66.2 Å². The molecule has 0 radical (unpaired) electrons. The molecule has 4 N–H and O–H groups in total. The molecule has 0 aromatic heterocycles. The molecule has 0 aromatic carbocycles. The standard InChI is InChI=1S/C26H42O5/c1-15-17-7-9-25(11-17,23(15,3)4)21(29)19(27)13-31-14-20(28)22(30)26-10-8-18(12-26)16(2)24(26,5)6/h17-22,27-30H,1-2,7-14H2,3-6H3. The molecule has 4 aliphatic carbocycles. The van der Waals surface area contributed by atoms with Crippen LogP contribution in [-0.4, -0.2) is 58.1 Å². The van der Waals surface area contributed by atoms with Crippen molar-refractivity contribution in [3.63, 3.8) is 0 Å². The normalized spacial score (nSPS) is 41.5. The Balaban J connectivity index is 1.34. The van der Waals surface area contributed by atoms with Crippen molar-refractivity contribution in [3.8, 4) is 0 Å². The van der Waals surface area contributed by atoms with E-state index in [-0.39, 0.29) is 34.9 Å². The van der Waals surface area contributed by atoms with Gasteiger partial charge in [-0.05, 0) is 61.2 Å². The largest absolute Gasteiger partial charge is 0.390 e. The lowest BCUT2D eigenvalue weighted by Gasteiger charge is -2.48. The van der Waals surface area contributed by atoms with Gasteiger partial charge in [-0.1, -0.05) is 52.0 Å². The predicted molar refractivity (Wildman–Crippen MR) is 120 cm³/mol. The van der Waals surface area contributed by atoms with Gasteiger partial charge in [-0.25, -0.2) is 0 Å². The monoisotopic (exact) mass is 434 g/mol. The SMILES string of the molecule is C=C1C2CCC(C(O)C(O)COCC(O)C(O)C34CCC(C3)C(=C)C4(C)C)(C2)C1(C)C. The molecule has 0 aliphatic heterocycles.